The smallest absolute Gasteiger partial charge is 0.265 e. The van der Waals surface area contributed by atoms with Gasteiger partial charge in [0.2, 0.25) is 11.8 Å². The second-order valence-corrected chi connectivity index (χ2v) is 6.36. The molecule has 9 heteroatoms. The summed E-state index contributed by atoms with van der Waals surface area (Å²) in [7, 11) is 1.82. The zero-order valence-electron chi connectivity index (χ0n) is 15.5. The lowest BCUT2D eigenvalue weighted by atomic mass is 10.2. The van der Waals surface area contributed by atoms with Crippen LogP contribution in [0, 0.1) is 6.92 Å². The monoisotopic (exact) mass is 377 g/mol. The molecule has 0 aliphatic carbocycles. The fourth-order valence-electron chi connectivity index (χ4n) is 2.84. The number of amides is 1. The normalized spacial score (nSPS) is 10.9. The standard InChI is InChI=1S/C19H19N7O2/c1-13-11-16(25(2)24-13)19-23-22-18(28-19)8-7-17(27)21-14-3-5-15(6-4-14)26-10-9-20-12-26/h3-6,9-12H,7-8H2,1-2H3,(H,21,27). The van der Waals surface area contributed by atoms with Gasteiger partial charge in [-0.25, -0.2) is 4.98 Å². The molecule has 0 fully saturated rings. The molecule has 0 radical (unpaired) electrons. The summed E-state index contributed by atoms with van der Waals surface area (Å²) < 4.78 is 9.23. The van der Waals surface area contributed by atoms with Crippen LogP contribution < -0.4 is 5.32 Å². The Morgan fingerprint density at radius 3 is 2.71 bits per heavy atom. The number of aryl methyl sites for hydroxylation is 3. The van der Waals surface area contributed by atoms with Crippen molar-refractivity contribution < 1.29 is 9.21 Å². The lowest BCUT2D eigenvalue weighted by molar-refractivity contribution is -0.116. The Kier molecular flexibility index (Phi) is 4.71. The van der Waals surface area contributed by atoms with Crippen molar-refractivity contribution in [2.75, 3.05) is 5.32 Å². The first-order valence-corrected chi connectivity index (χ1v) is 8.80. The number of anilines is 1. The van der Waals surface area contributed by atoms with E-state index in [-0.39, 0.29) is 12.3 Å². The molecule has 0 atom stereocenters. The van der Waals surface area contributed by atoms with Crippen molar-refractivity contribution >= 4 is 11.6 Å². The lowest BCUT2D eigenvalue weighted by Crippen LogP contribution is -2.12. The summed E-state index contributed by atoms with van der Waals surface area (Å²) in [6.07, 6.45) is 5.91. The van der Waals surface area contributed by atoms with Crippen molar-refractivity contribution in [1.82, 2.24) is 29.5 Å². The highest BCUT2D eigenvalue weighted by atomic mass is 16.4. The lowest BCUT2D eigenvalue weighted by Gasteiger charge is -2.06. The van der Waals surface area contributed by atoms with Crippen LogP contribution in [0.3, 0.4) is 0 Å². The van der Waals surface area contributed by atoms with E-state index in [0.717, 1.165) is 22.8 Å². The topological polar surface area (TPSA) is 104 Å². The highest BCUT2D eigenvalue weighted by Crippen LogP contribution is 2.19. The van der Waals surface area contributed by atoms with Crippen LogP contribution in [0.5, 0.6) is 0 Å². The molecular weight excluding hydrogens is 358 g/mol. The van der Waals surface area contributed by atoms with E-state index >= 15 is 0 Å². The number of aromatic nitrogens is 6. The first-order chi connectivity index (χ1) is 13.6. The molecule has 0 aliphatic heterocycles. The zero-order chi connectivity index (χ0) is 19.5. The third kappa shape index (κ3) is 3.83. The van der Waals surface area contributed by atoms with Gasteiger partial charge >= 0.3 is 0 Å². The summed E-state index contributed by atoms with van der Waals surface area (Å²) in [4.78, 5) is 16.2. The van der Waals surface area contributed by atoms with E-state index in [1.807, 2.05) is 55.1 Å². The number of rotatable bonds is 6. The van der Waals surface area contributed by atoms with Gasteiger partial charge in [-0.15, -0.1) is 10.2 Å². The molecule has 9 nitrogen and oxygen atoms in total. The SMILES string of the molecule is Cc1cc(-c2nnc(CCC(=O)Nc3ccc(-n4ccnc4)cc3)o2)n(C)n1. The Morgan fingerprint density at radius 1 is 1.21 bits per heavy atom. The van der Waals surface area contributed by atoms with Crippen molar-refractivity contribution in [2.45, 2.75) is 19.8 Å². The van der Waals surface area contributed by atoms with Crippen LogP contribution in [0.15, 0.2) is 53.5 Å². The summed E-state index contributed by atoms with van der Waals surface area (Å²) in [5.41, 5.74) is 3.32. The van der Waals surface area contributed by atoms with Crippen molar-refractivity contribution in [3.8, 4) is 17.3 Å². The van der Waals surface area contributed by atoms with Crippen molar-refractivity contribution in [1.29, 1.82) is 0 Å². The van der Waals surface area contributed by atoms with Crippen LogP contribution in [-0.2, 0) is 18.3 Å². The third-order valence-electron chi connectivity index (χ3n) is 4.21. The van der Waals surface area contributed by atoms with Crippen molar-refractivity contribution in [3.63, 3.8) is 0 Å². The summed E-state index contributed by atoms with van der Waals surface area (Å²) in [6.45, 7) is 1.90. The van der Waals surface area contributed by atoms with E-state index in [0.29, 0.717) is 18.2 Å². The predicted octanol–water partition coefficient (Wildman–Crippen LogP) is 2.54. The van der Waals surface area contributed by atoms with Gasteiger partial charge in [-0.1, -0.05) is 0 Å². The minimum atomic E-state index is -0.119. The highest BCUT2D eigenvalue weighted by Gasteiger charge is 2.14. The first kappa shape index (κ1) is 17.7. The van der Waals surface area contributed by atoms with E-state index in [9.17, 15) is 4.79 Å². The highest BCUT2D eigenvalue weighted by molar-refractivity contribution is 5.90. The molecule has 142 valence electrons. The largest absolute Gasteiger partial charge is 0.419 e. The number of carbonyl (C=O) groups is 1. The van der Waals surface area contributed by atoms with Gasteiger partial charge in [0.15, 0.2) is 0 Å². The van der Waals surface area contributed by atoms with Crippen LogP contribution in [-0.4, -0.2) is 35.4 Å². The van der Waals surface area contributed by atoms with E-state index in [1.165, 1.54) is 0 Å². The predicted molar refractivity (Wildman–Crippen MR) is 102 cm³/mol. The van der Waals surface area contributed by atoms with E-state index in [1.54, 1.807) is 17.2 Å². The van der Waals surface area contributed by atoms with Gasteiger partial charge in [0.25, 0.3) is 5.89 Å². The number of benzene rings is 1. The van der Waals surface area contributed by atoms with Gasteiger partial charge in [0, 0.05) is 43.7 Å². The molecule has 0 bridgehead atoms. The minimum absolute atomic E-state index is 0.119. The molecule has 3 aromatic heterocycles. The van der Waals surface area contributed by atoms with E-state index < -0.39 is 0 Å². The van der Waals surface area contributed by atoms with Crippen LogP contribution in [0.25, 0.3) is 17.3 Å². The molecule has 1 aromatic carbocycles. The Labute approximate surface area is 161 Å². The van der Waals surface area contributed by atoms with Gasteiger partial charge in [-0.05, 0) is 37.3 Å². The van der Waals surface area contributed by atoms with E-state index in [4.69, 9.17) is 4.42 Å². The number of hydrogen-bond acceptors (Lipinski definition) is 6. The van der Waals surface area contributed by atoms with Crippen LogP contribution in [0.4, 0.5) is 5.69 Å². The maximum atomic E-state index is 12.2. The Balaban J connectivity index is 1.33. The molecule has 4 rings (SSSR count). The Hall–Kier alpha value is -3.75. The van der Waals surface area contributed by atoms with Gasteiger partial charge in [-0.2, -0.15) is 5.10 Å². The van der Waals surface area contributed by atoms with Gasteiger partial charge < -0.3 is 14.3 Å². The van der Waals surface area contributed by atoms with Crippen LogP contribution in [0.2, 0.25) is 0 Å². The minimum Gasteiger partial charge on any atom is -0.419 e. The molecule has 0 unspecified atom stereocenters. The number of nitrogens with zero attached hydrogens (tertiary/aromatic N) is 6. The zero-order valence-corrected chi connectivity index (χ0v) is 15.5. The van der Waals surface area contributed by atoms with Gasteiger partial charge in [0.05, 0.1) is 12.0 Å². The molecule has 1 amide bonds. The van der Waals surface area contributed by atoms with E-state index in [2.05, 4.69) is 25.6 Å². The second-order valence-electron chi connectivity index (χ2n) is 6.36. The first-order valence-electron chi connectivity index (χ1n) is 8.80. The molecule has 0 saturated carbocycles. The fourth-order valence-corrected chi connectivity index (χ4v) is 2.84. The van der Waals surface area contributed by atoms with Crippen LogP contribution in [0.1, 0.15) is 18.0 Å². The maximum absolute atomic E-state index is 12.2. The number of imidazole rings is 1. The fraction of sp³-hybridized carbons (Fsp3) is 0.211. The molecule has 0 saturated heterocycles. The Bertz CT molecular complexity index is 1080. The third-order valence-corrected chi connectivity index (χ3v) is 4.21. The molecule has 1 N–H and O–H groups in total. The van der Waals surface area contributed by atoms with Crippen molar-refractivity contribution in [3.05, 3.63) is 60.6 Å². The maximum Gasteiger partial charge on any atom is 0.265 e. The Morgan fingerprint density at radius 2 is 2.04 bits per heavy atom. The number of carbonyl (C=O) groups excluding carboxylic acids is 1. The number of hydrogen-bond donors (Lipinski definition) is 1. The molecule has 0 aliphatic rings. The summed E-state index contributed by atoms with van der Waals surface area (Å²) in [6, 6.07) is 9.40. The molecule has 28 heavy (non-hydrogen) atoms. The van der Waals surface area contributed by atoms with Crippen molar-refractivity contribution in [2.24, 2.45) is 7.05 Å². The number of nitrogens with one attached hydrogen (secondary N) is 1. The summed E-state index contributed by atoms with van der Waals surface area (Å²) >= 11 is 0. The average molecular weight is 377 g/mol. The quantitative estimate of drug-likeness (QED) is 0.554. The summed E-state index contributed by atoms with van der Waals surface area (Å²) in [5.74, 6) is 0.694. The second kappa shape index (κ2) is 7.47. The molecule has 4 aromatic rings. The molecule has 3 heterocycles. The van der Waals surface area contributed by atoms with Gasteiger partial charge in [0.1, 0.15) is 5.69 Å². The van der Waals surface area contributed by atoms with Crippen LogP contribution >= 0.6 is 0 Å². The molecular formula is C19H19N7O2. The van der Waals surface area contributed by atoms with Gasteiger partial charge in [-0.3, -0.25) is 9.48 Å². The average Bonchev–Trinajstić information content (AvgIpc) is 3.42. The molecule has 0 spiro atoms. The summed E-state index contributed by atoms with van der Waals surface area (Å²) in [5, 5.41) is 15.2.